The van der Waals surface area contributed by atoms with Crippen LogP contribution in [0, 0.1) is 10.1 Å². The Morgan fingerprint density at radius 1 is 1.28 bits per heavy atom. The number of nitro benzene ring substituents is 1. The average molecular weight is 393 g/mol. The van der Waals surface area contributed by atoms with Crippen molar-refractivity contribution in [2.45, 2.75) is 13.0 Å². The number of carbonyl (C=O) groups is 1. The molecule has 0 radical (unpaired) electrons. The van der Waals surface area contributed by atoms with Crippen molar-refractivity contribution in [2.75, 3.05) is 12.4 Å². The summed E-state index contributed by atoms with van der Waals surface area (Å²) < 4.78 is 6.17. The van der Waals surface area contributed by atoms with Crippen LogP contribution in [-0.4, -0.2) is 32.8 Å². The van der Waals surface area contributed by atoms with Crippen LogP contribution in [0.4, 0.5) is 11.4 Å². The monoisotopic (exact) mass is 393 g/mol. The van der Waals surface area contributed by atoms with Crippen LogP contribution in [0.25, 0.3) is 11.8 Å². The Balaban J connectivity index is 1.78. The molecule has 0 aliphatic heterocycles. The van der Waals surface area contributed by atoms with Crippen LogP contribution in [0.1, 0.15) is 24.1 Å². The molecule has 0 saturated carbocycles. The van der Waals surface area contributed by atoms with Crippen molar-refractivity contribution < 1.29 is 14.5 Å². The van der Waals surface area contributed by atoms with Gasteiger partial charge in [0.2, 0.25) is 0 Å². The lowest BCUT2D eigenvalue weighted by Crippen LogP contribution is -2.09. The van der Waals surface area contributed by atoms with Crippen molar-refractivity contribution in [1.29, 1.82) is 0 Å². The molecule has 29 heavy (non-hydrogen) atoms. The highest BCUT2D eigenvalue weighted by Gasteiger charge is 2.17. The number of nitrogens with zero attached hydrogens (tertiary/aromatic N) is 4. The Kier molecular flexibility index (Phi) is 5.98. The van der Waals surface area contributed by atoms with Crippen molar-refractivity contribution in [3.8, 4) is 5.69 Å². The molecule has 1 unspecified atom stereocenters. The molecule has 0 aliphatic rings. The van der Waals surface area contributed by atoms with Gasteiger partial charge >= 0.3 is 5.97 Å². The summed E-state index contributed by atoms with van der Waals surface area (Å²) in [7, 11) is 1.27. The van der Waals surface area contributed by atoms with Gasteiger partial charge in [-0.3, -0.25) is 10.1 Å². The Morgan fingerprint density at radius 2 is 2.03 bits per heavy atom. The Morgan fingerprint density at radius 3 is 2.66 bits per heavy atom. The maximum absolute atomic E-state index is 11.5. The number of aromatic nitrogens is 3. The number of nitrogens with one attached hydrogen (secondary N) is 1. The topological polar surface area (TPSA) is 112 Å². The Bertz CT molecular complexity index is 1030. The first-order valence-corrected chi connectivity index (χ1v) is 8.74. The molecule has 9 nitrogen and oxygen atoms in total. The van der Waals surface area contributed by atoms with E-state index in [9.17, 15) is 14.9 Å². The maximum atomic E-state index is 11.5. The minimum absolute atomic E-state index is 0.0805. The van der Waals surface area contributed by atoms with Gasteiger partial charge in [0.15, 0.2) is 0 Å². The zero-order valence-corrected chi connectivity index (χ0v) is 15.9. The molecule has 0 fully saturated rings. The minimum atomic E-state index is -0.530. The van der Waals surface area contributed by atoms with E-state index in [4.69, 9.17) is 0 Å². The van der Waals surface area contributed by atoms with Crippen LogP contribution >= 0.6 is 0 Å². The number of esters is 1. The highest BCUT2D eigenvalue weighted by Crippen LogP contribution is 2.30. The van der Waals surface area contributed by atoms with Crippen LogP contribution in [0.3, 0.4) is 0 Å². The fraction of sp³-hybridized carbons (Fsp3) is 0.150. The summed E-state index contributed by atoms with van der Waals surface area (Å²) in [6, 6.07) is 12.2. The molecule has 0 aliphatic carbocycles. The number of carbonyl (C=O) groups excluding carboxylic acids is 1. The quantitative estimate of drug-likeness (QED) is 0.283. The third kappa shape index (κ3) is 4.83. The number of hydrogen-bond acceptors (Lipinski definition) is 7. The van der Waals surface area contributed by atoms with Crippen LogP contribution in [0.5, 0.6) is 0 Å². The third-order valence-electron chi connectivity index (χ3n) is 4.28. The summed E-state index contributed by atoms with van der Waals surface area (Å²) in [6.45, 7) is 1.92. The summed E-state index contributed by atoms with van der Waals surface area (Å²) in [5, 5.41) is 18.7. The lowest BCUT2D eigenvalue weighted by molar-refractivity contribution is -0.384. The van der Waals surface area contributed by atoms with Gasteiger partial charge in [-0.1, -0.05) is 18.2 Å². The minimum Gasteiger partial charge on any atom is -0.466 e. The van der Waals surface area contributed by atoms with E-state index < -0.39 is 10.9 Å². The number of rotatable bonds is 7. The van der Waals surface area contributed by atoms with Gasteiger partial charge in [-0.05, 0) is 42.3 Å². The smallest absolute Gasteiger partial charge is 0.330 e. The molecule has 0 saturated heterocycles. The molecule has 1 atom stereocenters. The van der Waals surface area contributed by atoms with Crippen LogP contribution in [0.15, 0.2) is 61.2 Å². The van der Waals surface area contributed by atoms with Crippen molar-refractivity contribution in [3.05, 3.63) is 82.4 Å². The van der Waals surface area contributed by atoms with E-state index >= 15 is 0 Å². The van der Waals surface area contributed by atoms with Gasteiger partial charge in [-0.2, -0.15) is 5.10 Å². The SMILES string of the molecule is COC(=O)/C=C/c1ccc(NC(C)c2ccc(-n3cncn3)cc2)c([N+](=O)[O-])c1. The van der Waals surface area contributed by atoms with Gasteiger partial charge < -0.3 is 10.1 Å². The lowest BCUT2D eigenvalue weighted by atomic mass is 10.1. The largest absolute Gasteiger partial charge is 0.466 e. The van der Waals surface area contributed by atoms with E-state index in [1.165, 1.54) is 31.7 Å². The normalized spacial score (nSPS) is 11.9. The fourth-order valence-corrected chi connectivity index (χ4v) is 2.73. The number of ether oxygens (including phenoxy) is 1. The van der Waals surface area contributed by atoms with Crippen LogP contribution in [0.2, 0.25) is 0 Å². The number of anilines is 1. The molecular formula is C20H19N5O4. The highest BCUT2D eigenvalue weighted by atomic mass is 16.6. The average Bonchev–Trinajstić information content (AvgIpc) is 3.27. The first-order chi connectivity index (χ1) is 14.0. The van der Waals surface area contributed by atoms with E-state index in [1.807, 2.05) is 31.2 Å². The second-order valence-electron chi connectivity index (χ2n) is 6.19. The molecule has 9 heteroatoms. The lowest BCUT2D eigenvalue weighted by Gasteiger charge is -2.16. The zero-order valence-electron chi connectivity index (χ0n) is 15.9. The molecule has 0 bridgehead atoms. The van der Waals surface area contributed by atoms with Gasteiger partial charge in [0.25, 0.3) is 5.69 Å². The standard InChI is InChI=1S/C20H19N5O4/c1-14(16-5-7-17(8-6-16)24-13-21-12-22-24)23-18-9-3-15(4-10-20(26)29-2)11-19(18)25(27)28/h3-14,23H,1-2H3/b10-4+. The zero-order chi connectivity index (χ0) is 20.8. The van der Waals surface area contributed by atoms with Crippen molar-refractivity contribution in [1.82, 2.24) is 14.8 Å². The predicted molar refractivity (Wildman–Crippen MR) is 108 cm³/mol. The first-order valence-electron chi connectivity index (χ1n) is 8.74. The molecule has 1 N–H and O–H groups in total. The van der Waals surface area contributed by atoms with E-state index in [1.54, 1.807) is 23.1 Å². The van der Waals surface area contributed by atoms with Crippen molar-refractivity contribution >= 4 is 23.4 Å². The third-order valence-corrected chi connectivity index (χ3v) is 4.28. The molecule has 3 aromatic rings. The molecule has 0 amide bonds. The van der Waals surface area contributed by atoms with Crippen molar-refractivity contribution in [2.24, 2.45) is 0 Å². The molecule has 2 aromatic carbocycles. The van der Waals surface area contributed by atoms with E-state index in [0.717, 1.165) is 11.3 Å². The molecule has 148 valence electrons. The second kappa shape index (κ2) is 8.79. The Hall–Kier alpha value is -4.01. The second-order valence-corrected chi connectivity index (χ2v) is 6.19. The van der Waals surface area contributed by atoms with Gasteiger partial charge in [-0.15, -0.1) is 0 Å². The van der Waals surface area contributed by atoms with Gasteiger partial charge in [0.1, 0.15) is 18.3 Å². The van der Waals surface area contributed by atoms with E-state index in [-0.39, 0.29) is 11.7 Å². The van der Waals surface area contributed by atoms with Gasteiger partial charge in [0.05, 0.1) is 17.7 Å². The molecule has 0 spiro atoms. The molecule has 3 rings (SSSR count). The highest BCUT2D eigenvalue weighted by molar-refractivity contribution is 5.87. The van der Waals surface area contributed by atoms with E-state index in [0.29, 0.717) is 11.3 Å². The first kappa shape index (κ1) is 19.7. The summed E-state index contributed by atoms with van der Waals surface area (Å²) >= 11 is 0. The number of benzene rings is 2. The predicted octanol–water partition coefficient (Wildman–Crippen LogP) is 3.53. The fourth-order valence-electron chi connectivity index (χ4n) is 2.73. The van der Waals surface area contributed by atoms with Gasteiger partial charge in [-0.25, -0.2) is 14.5 Å². The molecule has 1 heterocycles. The van der Waals surface area contributed by atoms with Crippen molar-refractivity contribution in [3.63, 3.8) is 0 Å². The van der Waals surface area contributed by atoms with Crippen LogP contribution in [-0.2, 0) is 9.53 Å². The number of hydrogen-bond donors (Lipinski definition) is 1. The van der Waals surface area contributed by atoms with Crippen LogP contribution < -0.4 is 5.32 Å². The summed E-state index contributed by atoms with van der Waals surface area (Å²) in [5.41, 5.74) is 2.66. The Labute approximate surface area is 166 Å². The molecule has 1 aromatic heterocycles. The summed E-state index contributed by atoms with van der Waals surface area (Å²) in [6.07, 6.45) is 5.75. The summed E-state index contributed by atoms with van der Waals surface area (Å²) in [4.78, 5) is 26.2. The van der Waals surface area contributed by atoms with Gasteiger partial charge in [0, 0.05) is 18.2 Å². The molecular weight excluding hydrogens is 374 g/mol. The maximum Gasteiger partial charge on any atom is 0.330 e. The summed E-state index contributed by atoms with van der Waals surface area (Å²) in [5.74, 6) is -0.530. The number of methoxy groups -OCH3 is 1. The number of nitro groups is 1. The van der Waals surface area contributed by atoms with E-state index in [2.05, 4.69) is 20.1 Å².